The maximum atomic E-state index is 12.1. The van der Waals surface area contributed by atoms with Gasteiger partial charge in [0.2, 0.25) is 16.2 Å². The Morgan fingerprint density at radius 2 is 1.83 bits per heavy atom. The molecule has 0 spiro atoms. The van der Waals surface area contributed by atoms with Crippen LogP contribution in [0, 0.1) is 0 Å². The van der Waals surface area contributed by atoms with Crippen LogP contribution >= 0.6 is 46.5 Å². The number of halogens is 1. The van der Waals surface area contributed by atoms with E-state index in [-0.39, 0.29) is 5.91 Å². The fourth-order valence-electron chi connectivity index (χ4n) is 2.67. The first-order valence-corrected chi connectivity index (χ1v) is 12.6. The van der Waals surface area contributed by atoms with E-state index in [0.717, 1.165) is 22.1 Å². The molecule has 0 radical (unpaired) electrons. The molecule has 0 aliphatic heterocycles. The lowest BCUT2D eigenvalue weighted by Gasteiger charge is -2.17. The molecular weight excluding hydrogens is 460 g/mol. The number of carbonyl (C=O) groups is 1. The van der Waals surface area contributed by atoms with Gasteiger partial charge in [-0.25, -0.2) is 9.66 Å². The number of aromatic nitrogens is 4. The maximum absolute atomic E-state index is 12.1. The molecule has 11 heteroatoms. The number of hydrogen-bond acceptors (Lipinski definition) is 8. The van der Waals surface area contributed by atoms with E-state index in [0.29, 0.717) is 34.9 Å². The number of carbonyl (C=O) groups excluding carboxylic acids is 1. The minimum absolute atomic E-state index is 0.0675. The Labute approximate surface area is 193 Å². The lowest BCUT2D eigenvalue weighted by Crippen LogP contribution is -2.32. The monoisotopic (exact) mass is 482 g/mol. The third-order valence-electron chi connectivity index (χ3n) is 4.29. The molecule has 160 valence electrons. The quantitative estimate of drug-likeness (QED) is 0.345. The number of thiazole rings is 1. The Morgan fingerprint density at radius 3 is 2.50 bits per heavy atom. The van der Waals surface area contributed by atoms with Crippen molar-refractivity contribution in [3.05, 3.63) is 50.9 Å². The van der Waals surface area contributed by atoms with Crippen molar-refractivity contribution in [1.82, 2.24) is 24.8 Å². The van der Waals surface area contributed by atoms with Crippen LogP contribution in [0.25, 0.3) is 0 Å². The predicted octanol–water partition coefficient (Wildman–Crippen LogP) is 3.95. The van der Waals surface area contributed by atoms with Crippen LogP contribution in [0.5, 0.6) is 0 Å². The molecule has 7 nitrogen and oxygen atoms in total. The smallest absolute Gasteiger partial charge is 0.233 e. The zero-order valence-electron chi connectivity index (χ0n) is 16.7. The van der Waals surface area contributed by atoms with Gasteiger partial charge in [-0.05, 0) is 31.5 Å². The number of rotatable bonds is 10. The summed E-state index contributed by atoms with van der Waals surface area (Å²) in [6, 6.07) is 7.81. The van der Waals surface area contributed by atoms with Gasteiger partial charge in [-0.15, -0.1) is 21.5 Å². The van der Waals surface area contributed by atoms with Gasteiger partial charge in [0.05, 0.1) is 16.5 Å². The number of nitrogens with zero attached hydrogens (tertiary/aromatic N) is 5. The molecule has 0 bridgehead atoms. The summed E-state index contributed by atoms with van der Waals surface area (Å²) in [5.41, 5.74) is 2.15. The van der Waals surface area contributed by atoms with E-state index in [1.54, 1.807) is 16.2 Å². The molecule has 3 aromatic rings. The molecule has 30 heavy (non-hydrogen) atoms. The van der Waals surface area contributed by atoms with Crippen LogP contribution in [0.2, 0.25) is 5.02 Å². The highest BCUT2D eigenvalue weighted by atomic mass is 35.5. The molecule has 2 N–H and O–H groups in total. The second kappa shape index (κ2) is 11.0. The standard InChI is InChI=1S/C19H23ClN6OS3/c1-3-25(4-2)17(27)12-30-19-24-23-18(26(19)21)29-11-15-10-28-16(22-15)9-13-5-7-14(20)8-6-13/h5-8,10H,3-4,9,11-12,21H2,1-2H3. The van der Waals surface area contributed by atoms with Gasteiger partial charge in [0.15, 0.2) is 0 Å². The van der Waals surface area contributed by atoms with Crippen LogP contribution in [0.15, 0.2) is 40.0 Å². The normalized spacial score (nSPS) is 11.0. The van der Waals surface area contributed by atoms with Crippen LogP contribution in [-0.2, 0) is 17.0 Å². The Balaban J connectivity index is 1.52. The fraction of sp³-hybridized carbons (Fsp3) is 0.368. The molecule has 2 aromatic heterocycles. The largest absolute Gasteiger partial charge is 0.343 e. The molecule has 0 aliphatic rings. The summed E-state index contributed by atoms with van der Waals surface area (Å²) in [4.78, 5) is 18.6. The Morgan fingerprint density at radius 1 is 1.17 bits per heavy atom. The number of benzene rings is 1. The average molecular weight is 483 g/mol. The van der Waals surface area contributed by atoms with Gasteiger partial charge in [-0.3, -0.25) is 4.79 Å². The zero-order valence-corrected chi connectivity index (χ0v) is 20.0. The third kappa shape index (κ3) is 6.13. The second-order valence-electron chi connectivity index (χ2n) is 6.31. The van der Waals surface area contributed by atoms with Crippen molar-refractivity contribution in [1.29, 1.82) is 0 Å². The van der Waals surface area contributed by atoms with Crippen LogP contribution < -0.4 is 5.84 Å². The summed E-state index contributed by atoms with van der Waals surface area (Å²) >= 11 is 10.3. The highest BCUT2D eigenvalue weighted by molar-refractivity contribution is 8.00. The second-order valence-corrected chi connectivity index (χ2v) is 9.58. The number of nitrogen functional groups attached to an aromatic ring is 1. The fourth-order valence-corrected chi connectivity index (χ4v) is 5.29. The topological polar surface area (TPSA) is 89.9 Å². The van der Waals surface area contributed by atoms with Gasteiger partial charge in [0, 0.05) is 35.7 Å². The number of thioether (sulfide) groups is 2. The van der Waals surface area contributed by atoms with Crippen LogP contribution in [0.4, 0.5) is 0 Å². The van der Waals surface area contributed by atoms with Gasteiger partial charge < -0.3 is 10.7 Å². The summed E-state index contributed by atoms with van der Waals surface area (Å²) in [5.74, 6) is 7.12. The first-order valence-electron chi connectivity index (χ1n) is 9.41. The summed E-state index contributed by atoms with van der Waals surface area (Å²) in [5, 5.41) is 13.2. The van der Waals surface area contributed by atoms with E-state index in [2.05, 4.69) is 15.2 Å². The number of amides is 1. The van der Waals surface area contributed by atoms with Gasteiger partial charge in [0.1, 0.15) is 0 Å². The highest BCUT2D eigenvalue weighted by Gasteiger charge is 2.16. The van der Waals surface area contributed by atoms with Crippen molar-refractivity contribution in [2.24, 2.45) is 0 Å². The van der Waals surface area contributed by atoms with Gasteiger partial charge >= 0.3 is 0 Å². The summed E-state index contributed by atoms with van der Waals surface area (Å²) in [7, 11) is 0. The molecule has 0 saturated carbocycles. The molecule has 2 heterocycles. The number of nitrogens with two attached hydrogens (primary N) is 1. The van der Waals surface area contributed by atoms with Crippen molar-refractivity contribution in [2.45, 2.75) is 36.3 Å². The minimum Gasteiger partial charge on any atom is -0.343 e. The Hall–Kier alpha value is -1.75. The maximum Gasteiger partial charge on any atom is 0.233 e. The van der Waals surface area contributed by atoms with E-state index >= 15 is 0 Å². The van der Waals surface area contributed by atoms with Crippen molar-refractivity contribution in [3.63, 3.8) is 0 Å². The molecule has 0 aliphatic carbocycles. The first kappa shape index (κ1) is 22.9. The minimum atomic E-state index is 0.0675. The SMILES string of the molecule is CCN(CC)C(=O)CSc1nnc(SCc2csc(Cc3ccc(Cl)cc3)n2)n1N. The zero-order chi connectivity index (χ0) is 21.5. The summed E-state index contributed by atoms with van der Waals surface area (Å²) in [6.07, 6.45) is 0.779. The lowest BCUT2D eigenvalue weighted by atomic mass is 10.2. The van der Waals surface area contributed by atoms with E-state index in [1.807, 2.05) is 43.5 Å². The molecular formula is C19H23ClN6OS3. The highest BCUT2D eigenvalue weighted by Crippen LogP contribution is 2.25. The van der Waals surface area contributed by atoms with E-state index < -0.39 is 0 Å². The first-order chi connectivity index (χ1) is 14.5. The Kier molecular flexibility index (Phi) is 8.43. The van der Waals surface area contributed by atoms with Gasteiger partial charge in [0.25, 0.3) is 0 Å². The molecule has 1 amide bonds. The van der Waals surface area contributed by atoms with Gasteiger partial charge in [-0.1, -0.05) is 47.3 Å². The summed E-state index contributed by atoms with van der Waals surface area (Å²) < 4.78 is 1.44. The van der Waals surface area contributed by atoms with E-state index in [9.17, 15) is 4.79 Å². The van der Waals surface area contributed by atoms with Crippen LogP contribution in [-0.4, -0.2) is 49.5 Å². The van der Waals surface area contributed by atoms with Crippen molar-refractivity contribution < 1.29 is 4.79 Å². The van der Waals surface area contributed by atoms with Gasteiger partial charge in [-0.2, -0.15) is 0 Å². The predicted molar refractivity (Wildman–Crippen MR) is 125 cm³/mol. The molecule has 0 saturated heterocycles. The van der Waals surface area contributed by atoms with E-state index in [4.69, 9.17) is 17.4 Å². The van der Waals surface area contributed by atoms with Crippen molar-refractivity contribution in [2.75, 3.05) is 24.7 Å². The van der Waals surface area contributed by atoms with Crippen molar-refractivity contribution in [3.8, 4) is 0 Å². The van der Waals surface area contributed by atoms with Crippen LogP contribution in [0.1, 0.15) is 30.1 Å². The summed E-state index contributed by atoms with van der Waals surface area (Å²) in [6.45, 7) is 5.32. The number of hydrogen-bond donors (Lipinski definition) is 1. The molecule has 3 rings (SSSR count). The third-order valence-corrected chi connectivity index (χ3v) is 7.35. The van der Waals surface area contributed by atoms with E-state index in [1.165, 1.54) is 33.8 Å². The Bertz CT molecular complexity index is 971. The van der Waals surface area contributed by atoms with Crippen molar-refractivity contribution >= 4 is 52.4 Å². The van der Waals surface area contributed by atoms with Crippen LogP contribution in [0.3, 0.4) is 0 Å². The molecule has 0 atom stereocenters. The average Bonchev–Trinajstić information content (AvgIpc) is 3.33. The molecule has 1 aromatic carbocycles. The molecule has 0 unspecified atom stereocenters. The lowest BCUT2D eigenvalue weighted by molar-refractivity contribution is -0.127. The molecule has 0 fully saturated rings.